The van der Waals surface area contributed by atoms with Gasteiger partial charge in [-0.05, 0) is 37.0 Å². The molecule has 1 atom stereocenters. The molecule has 0 spiro atoms. The number of carboxylic acid groups (broad SMARTS) is 1. The van der Waals surface area contributed by atoms with Crippen LogP contribution >= 0.6 is 0 Å². The number of nitrogens with zero attached hydrogens (tertiary/aromatic N) is 4. The monoisotopic (exact) mass is 426 g/mol. The summed E-state index contributed by atoms with van der Waals surface area (Å²) in [4.78, 5) is 15.8. The summed E-state index contributed by atoms with van der Waals surface area (Å²) in [6, 6.07) is 8.25. The van der Waals surface area contributed by atoms with Crippen LogP contribution in [-0.4, -0.2) is 56.7 Å². The van der Waals surface area contributed by atoms with Crippen LogP contribution in [0, 0.1) is 11.8 Å². The standard InChI is InChI=1S/C18H24N4O.C2HF3O2/c1-2-7-19-17(3-1)11-21-9-16(14-23-13-15-4-5-15)10-22-18(12-21)6-8-20-22;3-2(4,5)1(6)7/h1-3,6-8,15-16H,4-5,9-14H2;(H,6,7). The van der Waals surface area contributed by atoms with E-state index in [1.54, 1.807) is 0 Å². The molecule has 164 valence electrons. The van der Waals surface area contributed by atoms with E-state index in [-0.39, 0.29) is 0 Å². The average molecular weight is 426 g/mol. The van der Waals surface area contributed by atoms with Crippen molar-refractivity contribution in [2.75, 3.05) is 19.8 Å². The molecule has 7 nitrogen and oxygen atoms in total. The third-order valence-electron chi connectivity index (χ3n) is 4.90. The van der Waals surface area contributed by atoms with Gasteiger partial charge in [0.2, 0.25) is 0 Å². The molecule has 0 amide bonds. The van der Waals surface area contributed by atoms with Crippen molar-refractivity contribution in [1.82, 2.24) is 19.7 Å². The Labute approximate surface area is 172 Å². The molecule has 0 saturated heterocycles. The van der Waals surface area contributed by atoms with Crippen molar-refractivity contribution in [3.8, 4) is 0 Å². The second kappa shape index (κ2) is 10.0. The van der Waals surface area contributed by atoms with Crippen molar-refractivity contribution in [2.24, 2.45) is 11.8 Å². The molecule has 2 aromatic heterocycles. The van der Waals surface area contributed by atoms with Crippen molar-refractivity contribution in [2.45, 2.75) is 38.7 Å². The number of carboxylic acids is 1. The average Bonchev–Trinajstić information content (AvgIpc) is 3.44. The molecule has 1 N–H and O–H groups in total. The van der Waals surface area contributed by atoms with Gasteiger partial charge in [0.1, 0.15) is 0 Å². The lowest BCUT2D eigenvalue weighted by atomic mass is 10.1. The van der Waals surface area contributed by atoms with Crippen molar-refractivity contribution >= 4 is 5.97 Å². The minimum atomic E-state index is -5.08. The van der Waals surface area contributed by atoms with Crippen LogP contribution in [0.15, 0.2) is 36.7 Å². The van der Waals surface area contributed by atoms with E-state index in [1.807, 2.05) is 18.5 Å². The molecule has 30 heavy (non-hydrogen) atoms. The lowest BCUT2D eigenvalue weighted by Crippen LogP contribution is -2.30. The van der Waals surface area contributed by atoms with Gasteiger partial charge in [0.05, 0.1) is 18.0 Å². The number of carbonyl (C=O) groups is 1. The zero-order valence-electron chi connectivity index (χ0n) is 16.5. The SMILES string of the molecule is O=C(O)C(F)(F)F.c1ccc(CN2Cc3ccnn3CC(COCC3CC3)C2)nc1. The number of fused-ring (bicyclic) bond motifs is 1. The quantitative estimate of drug-likeness (QED) is 0.765. The summed E-state index contributed by atoms with van der Waals surface area (Å²) in [6.07, 6.45) is 1.38. The first-order valence-corrected chi connectivity index (χ1v) is 9.82. The van der Waals surface area contributed by atoms with E-state index in [0.717, 1.165) is 51.0 Å². The fourth-order valence-electron chi connectivity index (χ4n) is 3.25. The zero-order chi connectivity index (χ0) is 21.6. The smallest absolute Gasteiger partial charge is 0.475 e. The Morgan fingerprint density at radius 2 is 1.87 bits per heavy atom. The second-order valence-electron chi connectivity index (χ2n) is 7.65. The normalized spacial score (nSPS) is 19.4. The molecule has 1 saturated carbocycles. The molecule has 4 rings (SSSR count). The van der Waals surface area contributed by atoms with Gasteiger partial charge >= 0.3 is 12.1 Å². The predicted molar refractivity (Wildman–Crippen MR) is 101 cm³/mol. The second-order valence-corrected chi connectivity index (χ2v) is 7.65. The minimum absolute atomic E-state index is 0.485. The first kappa shape index (κ1) is 22.2. The molecule has 0 radical (unpaired) electrons. The number of aromatic nitrogens is 3. The lowest BCUT2D eigenvalue weighted by Gasteiger charge is -2.23. The molecular formula is C20H25F3N4O3. The number of rotatable bonds is 6. The maximum absolute atomic E-state index is 10.6. The Balaban J connectivity index is 0.000000318. The van der Waals surface area contributed by atoms with E-state index in [0.29, 0.717) is 5.92 Å². The van der Waals surface area contributed by atoms with Gasteiger partial charge < -0.3 is 9.84 Å². The van der Waals surface area contributed by atoms with Gasteiger partial charge in [0.15, 0.2) is 0 Å². The van der Waals surface area contributed by atoms with E-state index < -0.39 is 12.1 Å². The summed E-state index contributed by atoms with van der Waals surface area (Å²) in [5, 5.41) is 11.6. The van der Waals surface area contributed by atoms with Crippen LogP contribution in [0.2, 0.25) is 0 Å². The summed E-state index contributed by atoms with van der Waals surface area (Å²) in [5.74, 6) is -1.45. The summed E-state index contributed by atoms with van der Waals surface area (Å²) >= 11 is 0. The van der Waals surface area contributed by atoms with Gasteiger partial charge in [-0.1, -0.05) is 6.07 Å². The molecule has 1 aliphatic heterocycles. The van der Waals surface area contributed by atoms with Crippen LogP contribution in [-0.2, 0) is 29.2 Å². The maximum Gasteiger partial charge on any atom is 0.490 e. The highest BCUT2D eigenvalue weighted by molar-refractivity contribution is 5.73. The molecule has 1 unspecified atom stereocenters. The van der Waals surface area contributed by atoms with Gasteiger partial charge in [-0.25, -0.2) is 4.79 Å². The van der Waals surface area contributed by atoms with E-state index in [2.05, 4.69) is 37.9 Å². The highest BCUT2D eigenvalue weighted by Crippen LogP contribution is 2.29. The number of pyridine rings is 1. The number of hydrogen-bond donors (Lipinski definition) is 1. The van der Waals surface area contributed by atoms with Crippen molar-refractivity contribution < 1.29 is 27.8 Å². The molecule has 2 aliphatic rings. The van der Waals surface area contributed by atoms with E-state index >= 15 is 0 Å². The fraction of sp³-hybridized carbons (Fsp3) is 0.550. The van der Waals surface area contributed by atoms with E-state index in [4.69, 9.17) is 14.6 Å². The third-order valence-corrected chi connectivity index (χ3v) is 4.90. The summed E-state index contributed by atoms with van der Waals surface area (Å²) in [5.41, 5.74) is 2.41. The van der Waals surface area contributed by atoms with Gasteiger partial charge in [0, 0.05) is 51.1 Å². The molecule has 2 aromatic rings. The number of ether oxygens (including phenoxy) is 1. The molecule has 10 heteroatoms. The Hall–Kier alpha value is -2.46. The van der Waals surface area contributed by atoms with Crippen LogP contribution < -0.4 is 0 Å². The van der Waals surface area contributed by atoms with Crippen molar-refractivity contribution in [3.05, 3.63) is 48.0 Å². The van der Waals surface area contributed by atoms with Crippen LogP contribution in [0.3, 0.4) is 0 Å². The number of alkyl halides is 3. The van der Waals surface area contributed by atoms with Crippen molar-refractivity contribution in [1.29, 1.82) is 0 Å². The summed E-state index contributed by atoms with van der Waals surface area (Å²) in [7, 11) is 0. The predicted octanol–water partition coefficient (Wildman–Crippen LogP) is 2.97. The van der Waals surface area contributed by atoms with Gasteiger partial charge in [0.25, 0.3) is 0 Å². The molecule has 0 aromatic carbocycles. The number of halogens is 3. The van der Waals surface area contributed by atoms with Crippen LogP contribution in [0.1, 0.15) is 24.2 Å². The Morgan fingerprint density at radius 3 is 2.50 bits per heavy atom. The highest BCUT2D eigenvalue weighted by atomic mass is 19.4. The fourth-order valence-corrected chi connectivity index (χ4v) is 3.25. The molecule has 3 heterocycles. The third kappa shape index (κ3) is 7.10. The minimum Gasteiger partial charge on any atom is -0.475 e. The maximum atomic E-state index is 10.6. The first-order chi connectivity index (χ1) is 14.3. The van der Waals surface area contributed by atoms with Crippen LogP contribution in [0.25, 0.3) is 0 Å². The highest BCUT2D eigenvalue weighted by Gasteiger charge is 2.38. The van der Waals surface area contributed by atoms with Gasteiger partial charge in [-0.15, -0.1) is 0 Å². The lowest BCUT2D eigenvalue weighted by molar-refractivity contribution is -0.192. The summed E-state index contributed by atoms with van der Waals surface area (Å²) in [6.45, 7) is 5.55. The van der Waals surface area contributed by atoms with Crippen LogP contribution in [0.4, 0.5) is 13.2 Å². The summed E-state index contributed by atoms with van der Waals surface area (Å²) < 4.78 is 39.8. The number of hydrogen-bond acceptors (Lipinski definition) is 5. The topological polar surface area (TPSA) is 80.5 Å². The van der Waals surface area contributed by atoms with Gasteiger partial charge in [-0.3, -0.25) is 14.6 Å². The Kier molecular flexibility index (Phi) is 7.43. The molecular weight excluding hydrogens is 401 g/mol. The Bertz CT molecular complexity index is 809. The van der Waals surface area contributed by atoms with E-state index in [1.165, 1.54) is 18.5 Å². The van der Waals surface area contributed by atoms with Crippen LogP contribution in [0.5, 0.6) is 0 Å². The van der Waals surface area contributed by atoms with E-state index in [9.17, 15) is 13.2 Å². The zero-order valence-corrected chi connectivity index (χ0v) is 16.5. The Morgan fingerprint density at radius 1 is 1.13 bits per heavy atom. The van der Waals surface area contributed by atoms with Crippen molar-refractivity contribution in [3.63, 3.8) is 0 Å². The first-order valence-electron chi connectivity index (χ1n) is 9.82. The molecule has 0 bridgehead atoms. The number of aliphatic carboxylic acids is 1. The molecule has 1 fully saturated rings. The largest absolute Gasteiger partial charge is 0.490 e. The van der Waals surface area contributed by atoms with Gasteiger partial charge in [-0.2, -0.15) is 18.3 Å². The molecule has 1 aliphatic carbocycles.